The number of rotatable bonds is 3. The van der Waals surface area contributed by atoms with E-state index in [4.69, 9.17) is 4.74 Å². The maximum Gasteiger partial charge on any atom is 0.260 e. The Balaban J connectivity index is 1.95. The molecule has 0 unspecified atom stereocenters. The molecule has 0 saturated carbocycles. The van der Waals surface area contributed by atoms with Crippen molar-refractivity contribution in [2.75, 3.05) is 6.61 Å². The quantitative estimate of drug-likeness (QED) is 0.841. The smallest absolute Gasteiger partial charge is 0.260 e. The van der Waals surface area contributed by atoms with E-state index in [1.54, 1.807) is 12.1 Å². The number of hydrogen-bond acceptors (Lipinski definition) is 2. The maximum atomic E-state index is 13.4. The number of piperidine rings is 1. The molecule has 1 aliphatic rings. The van der Waals surface area contributed by atoms with Crippen LogP contribution in [0.4, 0.5) is 4.39 Å². The van der Waals surface area contributed by atoms with E-state index in [9.17, 15) is 9.18 Å². The van der Waals surface area contributed by atoms with Crippen LogP contribution in [0.3, 0.4) is 0 Å². The fraction of sp³-hybridized carbons (Fsp3) is 0.533. The van der Waals surface area contributed by atoms with Crippen molar-refractivity contribution < 1.29 is 13.9 Å². The van der Waals surface area contributed by atoms with Crippen molar-refractivity contribution in [2.45, 2.75) is 45.2 Å². The van der Waals surface area contributed by atoms with Crippen LogP contribution in [0.2, 0.25) is 0 Å². The lowest BCUT2D eigenvalue weighted by molar-refractivity contribution is -0.139. The van der Waals surface area contributed by atoms with Crippen LogP contribution in [0.1, 0.15) is 33.1 Å². The summed E-state index contributed by atoms with van der Waals surface area (Å²) < 4.78 is 18.7. The molecule has 0 spiro atoms. The van der Waals surface area contributed by atoms with Crippen molar-refractivity contribution in [3.05, 3.63) is 30.1 Å². The average molecular weight is 265 g/mol. The Labute approximate surface area is 113 Å². The lowest BCUT2D eigenvalue weighted by Gasteiger charge is -2.38. The minimum absolute atomic E-state index is 0.0667. The summed E-state index contributed by atoms with van der Waals surface area (Å²) >= 11 is 0. The Morgan fingerprint density at radius 2 is 1.95 bits per heavy atom. The monoisotopic (exact) mass is 265 g/mol. The van der Waals surface area contributed by atoms with Crippen molar-refractivity contribution in [1.29, 1.82) is 0 Å². The number of hydrogen-bond donors (Lipinski definition) is 0. The summed E-state index contributed by atoms with van der Waals surface area (Å²) in [5.41, 5.74) is 0. The van der Waals surface area contributed by atoms with Gasteiger partial charge >= 0.3 is 0 Å². The Morgan fingerprint density at radius 3 is 2.58 bits per heavy atom. The molecule has 0 radical (unpaired) electrons. The van der Waals surface area contributed by atoms with Gasteiger partial charge in [-0.1, -0.05) is 12.1 Å². The van der Waals surface area contributed by atoms with Crippen LogP contribution in [0.5, 0.6) is 5.75 Å². The molecule has 1 aromatic carbocycles. The lowest BCUT2D eigenvalue weighted by atomic mass is 9.97. The summed E-state index contributed by atoms with van der Waals surface area (Å²) in [6, 6.07) is 6.62. The molecule has 1 aliphatic heterocycles. The van der Waals surface area contributed by atoms with Crippen LogP contribution < -0.4 is 4.74 Å². The number of likely N-dealkylation sites (tertiary alicyclic amines) is 1. The highest BCUT2D eigenvalue weighted by atomic mass is 19.1. The number of amides is 1. The second-order valence-corrected chi connectivity index (χ2v) is 5.15. The molecule has 1 aromatic rings. The fourth-order valence-corrected chi connectivity index (χ4v) is 2.69. The molecule has 19 heavy (non-hydrogen) atoms. The number of ether oxygens (including phenoxy) is 1. The molecule has 2 atom stereocenters. The van der Waals surface area contributed by atoms with Gasteiger partial charge in [0.15, 0.2) is 18.2 Å². The summed E-state index contributed by atoms with van der Waals surface area (Å²) in [5, 5.41) is 0. The first-order valence-electron chi connectivity index (χ1n) is 6.78. The van der Waals surface area contributed by atoms with E-state index in [2.05, 4.69) is 13.8 Å². The average Bonchev–Trinajstić information content (AvgIpc) is 2.37. The first-order chi connectivity index (χ1) is 9.09. The number of carbonyl (C=O) groups excluding carboxylic acids is 1. The predicted molar refractivity (Wildman–Crippen MR) is 71.5 cm³/mol. The molecule has 0 aliphatic carbocycles. The Hall–Kier alpha value is -1.58. The molecule has 4 heteroatoms. The Kier molecular flexibility index (Phi) is 4.40. The third-order valence-electron chi connectivity index (χ3n) is 3.67. The molecule has 2 rings (SSSR count). The third-order valence-corrected chi connectivity index (χ3v) is 3.67. The number of halogens is 1. The van der Waals surface area contributed by atoms with E-state index in [0.29, 0.717) is 0 Å². The largest absolute Gasteiger partial charge is 0.481 e. The van der Waals surface area contributed by atoms with Gasteiger partial charge in [-0.25, -0.2) is 4.39 Å². The topological polar surface area (TPSA) is 29.5 Å². The van der Waals surface area contributed by atoms with Gasteiger partial charge in [-0.05, 0) is 45.2 Å². The van der Waals surface area contributed by atoms with Crippen LogP contribution in [0.25, 0.3) is 0 Å². The first-order valence-corrected chi connectivity index (χ1v) is 6.78. The Morgan fingerprint density at radius 1 is 1.32 bits per heavy atom. The van der Waals surface area contributed by atoms with Crippen LogP contribution in [-0.4, -0.2) is 29.5 Å². The van der Waals surface area contributed by atoms with Gasteiger partial charge < -0.3 is 9.64 Å². The SMILES string of the molecule is C[C@H]1CCC[C@H](C)N1C(=O)COc1ccccc1F. The first kappa shape index (κ1) is 13.8. The maximum absolute atomic E-state index is 13.4. The van der Waals surface area contributed by atoms with E-state index < -0.39 is 5.82 Å². The molecular formula is C15H20FNO2. The van der Waals surface area contributed by atoms with E-state index in [0.717, 1.165) is 19.3 Å². The van der Waals surface area contributed by atoms with Gasteiger partial charge in [0, 0.05) is 12.1 Å². The second kappa shape index (κ2) is 6.04. The molecule has 1 heterocycles. The zero-order valence-corrected chi connectivity index (χ0v) is 11.4. The zero-order chi connectivity index (χ0) is 13.8. The van der Waals surface area contributed by atoms with Gasteiger partial charge in [-0.15, -0.1) is 0 Å². The highest BCUT2D eigenvalue weighted by Gasteiger charge is 2.29. The molecule has 1 fully saturated rings. The van der Waals surface area contributed by atoms with Gasteiger partial charge in [-0.2, -0.15) is 0 Å². The number of benzene rings is 1. The zero-order valence-electron chi connectivity index (χ0n) is 11.4. The molecule has 3 nitrogen and oxygen atoms in total. The summed E-state index contributed by atoms with van der Waals surface area (Å²) in [4.78, 5) is 14.0. The molecule has 0 N–H and O–H groups in total. The van der Waals surface area contributed by atoms with E-state index in [-0.39, 0.29) is 30.3 Å². The summed E-state index contributed by atoms with van der Waals surface area (Å²) in [6.07, 6.45) is 3.20. The molecule has 1 amide bonds. The van der Waals surface area contributed by atoms with Crippen LogP contribution in [0.15, 0.2) is 24.3 Å². The van der Waals surface area contributed by atoms with Crippen LogP contribution >= 0.6 is 0 Å². The van der Waals surface area contributed by atoms with Crippen molar-refractivity contribution in [3.8, 4) is 5.75 Å². The van der Waals surface area contributed by atoms with Gasteiger partial charge in [0.25, 0.3) is 5.91 Å². The number of nitrogens with zero attached hydrogens (tertiary/aromatic N) is 1. The molecular weight excluding hydrogens is 245 g/mol. The molecule has 0 aromatic heterocycles. The fourth-order valence-electron chi connectivity index (χ4n) is 2.69. The van der Waals surface area contributed by atoms with Gasteiger partial charge in [0.2, 0.25) is 0 Å². The lowest BCUT2D eigenvalue weighted by Crippen LogP contribution is -2.49. The molecule has 104 valence electrons. The minimum atomic E-state index is -0.435. The highest BCUT2D eigenvalue weighted by molar-refractivity contribution is 5.78. The van der Waals surface area contributed by atoms with Crippen LogP contribution in [-0.2, 0) is 4.79 Å². The van der Waals surface area contributed by atoms with Crippen molar-refractivity contribution >= 4 is 5.91 Å². The normalized spacial score (nSPS) is 23.2. The van der Waals surface area contributed by atoms with E-state index >= 15 is 0 Å². The summed E-state index contributed by atoms with van der Waals surface area (Å²) in [5.74, 6) is -0.369. The van der Waals surface area contributed by atoms with Gasteiger partial charge in [0.1, 0.15) is 0 Å². The highest BCUT2D eigenvalue weighted by Crippen LogP contribution is 2.23. The standard InChI is InChI=1S/C15H20FNO2/c1-11-6-5-7-12(2)17(11)15(18)10-19-14-9-4-3-8-13(14)16/h3-4,8-9,11-12H,5-7,10H2,1-2H3/t11-,12-/m0/s1. The summed E-state index contributed by atoms with van der Waals surface area (Å²) in [7, 11) is 0. The van der Waals surface area contributed by atoms with Gasteiger partial charge in [0.05, 0.1) is 0 Å². The van der Waals surface area contributed by atoms with E-state index in [1.165, 1.54) is 12.1 Å². The predicted octanol–water partition coefficient (Wildman–Crippen LogP) is 2.99. The van der Waals surface area contributed by atoms with Gasteiger partial charge in [-0.3, -0.25) is 4.79 Å². The molecule has 1 saturated heterocycles. The number of carbonyl (C=O) groups is 1. The Bertz CT molecular complexity index is 440. The van der Waals surface area contributed by atoms with Crippen LogP contribution in [0, 0.1) is 5.82 Å². The summed E-state index contributed by atoms with van der Waals surface area (Å²) in [6.45, 7) is 4.00. The van der Waals surface area contributed by atoms with Crippen molar-refractivity contribution in [2.24, 2.45) is 0 Å². The second-order valence-electron chi connectivity index (χ2n) is 5.15. The van der Waals surface area contributed by atoms with Crippen molar-refractivity contribution in [3.63, 3.8) is 0 Å². The molecule has 0 bridgehead atoms. The third kappa shape index (κ3) is 3.25. The van der Waals surface area contributed by atoms with Crippen molar-refractivity contribution in [1.82, 2.24) is 4.90 Å². The number of para-hydroxylation sites is 1. The minimum Gasteiger partial charge on any atom is -0.481 e. The van der Waals surface area contributed by atoms with E-state index in [1.807, 2.05) is 4.90 Å².